The van der Waals surface area contributed by atoms with Crippen LogP contribution in [0.15, 0.2) is 35.9 Å². The molecule has 1 heterocycles. The van der Waals surface area contributed by atoms with E-state index in [4.69, 9.17) is 0 Å². The number of nitrogens with one attached hydrogen (secondary N) is 1. The minimum Gasteiger partial charge on any atom is -0.508 e. The highest BCUT2D eigenvalue weighted by atomic mass is 16.3. The standard InChI is InChI=1S/C17H26N2O/c1-14(2)7-10-19-11-8-16(9-12-19)18-13-15-3-5-17(20)6-4-15/h3-7,16,18,20H,8-13H2,1-2H3. The number of aromatic hydroxyl groups is 1. The third kappa shape index (κ3) is 4.99. The van der Waals surface area contributed by atoms with Crippen LogP contribution in [0.2, 0.25) is 0 Å². The molecule has 0 radical (unpaired) electrons. The van der Waals surface area contributed by atoms with Crippen LogP contribution in [0.4, 0.5) is 0 Å². The summed E-state index contributed by atoms with van der Waals surface area (Å²) in [7, 11) is 0. The Morgan fingerprint density at radius 2 is 1.90 bits per heavy atom. The monoisotopic (exact) mass is 274 g/mol. The molecule has 1 saturated heterocycles. The summed E-state index contributed by atoms with van der Waals surface area (Å²) in [6.07, 6.45) is 4.74. The van der Waals surface area contributed by atoms with E-state index in [1.807, 2.05) is 12.1 Å². The van der Waals surface area contributed by atoms with Gasteiger partial charge in [0.15, 0.2) is 0 Å². The lowest BCUT2D eigenvalue weighted by Crippen LogP contribution is -2.42. The Labute approximate surface area is 122 Å². The molecule has 0 bridgehead atoms. The molecule has 0 atom stereocenters. The number of likely N-dealkylation sites (tertiary alicyclic amines) is 1. The molecular formula is C17H26N2O. The zero-order valence-corrected chi connectivity index (χ0v) is 12.6. The molecule has 2 rings (SSSR count). The summed E-state index contributed by atoms with van der Waals surface area (Å²) >= 11 is 0. The molecule has 1 aromatic rings. The summed E-state index contributed by atoms with van der Waals surface area (Å²) in [6.45, 7) is 8.65. The van der Waals surface area contributed by atoms with Gasteiger partial charge in [0.1, 0.15) is 5.75 Å². The highest BCUT2D eigenvalue weighted by molar-refractivity contribution is 5.25. The van der Waals surface area contributed by atoms with E-state index >= 15 is 0 Å². The molecule has 110 valence electrons. The lowest BCUT2D eigenvalue weighted by atomic mass is 10.0. The number of benzene rings is 1. The molecule has 0 saturated carbocycles. The molecule has 3 nitrogen and oxygen atoms in total. The molecule has 1 fully saturated rings. The van der Waals surface area contributed by atoms with Crippen LogP contribution in [-0.2, 0) is 6.54 Å². The summed E-state index contributed by atoms with van der Waals surface area (Å²) in [5, 5.41) is 12.9. The first-order valence-corrected chi connectivity index (χ1v) is 7.50. The van der Waals surface area contributed by atoms with E-state index in [-0.39, 0.29) is 0 Å². The van der Waals surface area contributed by atoms with Crippen LogP contribution < -0.4 is 5.32 Å². The van der Waals surface area contributed by atoms with Crippen molar-refractivity contribution in [3.8, 4) is 5.75 Å². The van der Waals surface area contributed by atoms with E-state index in [1.54, 1.807) is 12.1 Å². The van der Waals surface area contributed by atoms with Crippen LogP contribution in [0.5, 0.6) is 5.75 Å². The molecule has 1 aromatic carbocycles. The molecule has 0 unspecified atom stereocenters. The average Bonchev–Trinajstić information content (AvgIpc) is 2.45. The maximum absolute atomic E-state index is 9.26. The zero-order chi connectivity index (χ0) is 14.4. The fourth-order valence-corrected chi connectivity index (χ4v) is 2.51. The Morgan fingerprint density at radius 3 is 2.50 bits per heavy atom. The number of phenols is 1. The van der Waals surface area contributed by atoms with E-state index in [0.29, 0.717) is 11.8 Å². The first-order valence-electron chi connectivity index (χ1n) is 7.50. The molecule has 1 aliphatic rings. The minimum absolute atomic E-state index is 0.335. The maximum atomic E-state index is 9.26. The largest absolute Gasteiger partial charge is 0.508 e. The lowest BCUT2D eigenvalue weighted by molar-refractivity contribution is 0.214. The average molecular weight is 274 g/mol. The highest BCUT2D eigenvalue weighted by Crippen LogP contribution is 2.13. The second-order valence-corrected chi connectivity index (χ2v) is 5.90. The van der Waals surface area contributed by atoms with E-state index < -0.39 is 0 Å². The van der Waals surface area contributed by atoms with Gasteiger partial charge in [-0.2, -0.15) is 0 Å². The number of rotatable bonds is 5. The number of allylic oxidation sites excluding steroid dienone is 1. The third-order valence-electron chi connectivity index (χ3n) is 3.88. The summed E-state index contributed by atoms with van der Waals surface area (Å²) < 4.78 is 0. The Hall–Kier alpha value is -1.32. The predicted octanol–water partition coefficient (Wildman–Crippen LogP) is 2.91. The van der Waals surface area contributed by atoms with Crippen molar-refractivity contribution in [3.63, 3.8) is 0 Å². The first-order chi connectivity index (χ1) is 9.63. The third-order valence-corrected chi connectivity index (χ3v) is 3.88. The van der Waals surface area contributed by atoms with Crippen molar-refractivity contribution in [1.82, 2.24) is 10.2 Å². The smallest absolute Gasteiger partial charge is 0.115 e. The summed E-state index contributed by atoms with van der Waals surface area (Å²) in [6, 6.07) is 8.07. The number of piperidine rings is 1. The number of hydrogen-bond donors (Lipinski definition) is 2. The molecule has 3 heteroatoms. The first kappa shape index (κ1) is 15.1. The molecule has 0 aliphatic carbocycles. The van der Waals surface area contributed by atoms with Gasteiger partial charge >= 0.3 is 0 Å². The summed E-state index contributed by atoms with van der Waals surface area (Å²) in [4.78, 5) is 2.52. The second kappa shape index (κ2) is 7.46. The second-order valence-electron chi connectivity index (χ2n) is 5.90. The number of hydrogen-bond acceptors (Lipinski definition) is 3. The molecule has 2 N–H and O–H groups in total. The summed E-state index contributed by atoms with van der Waals surface area (Å²) in [5.74, 6) is 0.335. The molecule has 0 amide bonds. The van der Waals surface area contributed by atoms with E-state index in [2.05, 4.69) is 30.1 Å². The van der Waals surface area contributed by atoms with E-state index in [9.17, 15) is 5.11 Å². The van der Waals surface area contributed by atoms with Gasteiger partial charge in [0, 0.05) is 19.1 Å². The predicted molar refractivity (Wildman–Crippen MR) is 83.8 cm³/mol. The van der Waals surface area contributed by atoms with Gasteiger partial charge in [0.25, 0.3) is 0 Å². The van der Waals surface area contributed by atoms with E-state index in [1.165, 1.54) is 37.1 Å². The van der Waals surface area contributed by atoms with Crippen LogP contribution in [0.3, 0.4) is 0 Å². The zero-order valence-electron chi connectivity index (χ0n) is 12.6. The van der Waals surface area contributed by atoms with Crippen LogP contribution in [0.1, 0.15) is 32.3 Å². The van der Waals surface area contributed by atoms with Crippen molar-refractivity contribution >= 4 is 0 Å². The molecule has 0 spiro atoms. The van der Waals surface area contributed by atoms with Crippen molar-refractivity contribution < 1.29 is 5.11 Å². The number of phenolic OH excluding ortho intramolecular Hbond substituents is 1. The topological polar surface area (TPSA) is 35.5 Å². The van der Waals surface area contributed by atoms with Gasteiger partial charge in [-0.25, -0.2) is 0 Å². The van der Waals surface area contributed by atoms with Gasteiger partial charge in [-0.15, -0.1) is 0 Å². The van der Waals surface area contributed by atoms with E-state index in [0.717, 1.165) is 13.1 Å². The maximum Gasteiger partial charge on any atom is 0.115 e. The Bertz CT molecular complexity index is 427. The van der Waals surface area contributed by atoms with Crippen LogP contribution in [0.25, 0.3) is 0 Å². The Kier molecular flexibility index (Phi) is 5.62. The SMILES string of the molecule is CC(C)=CCN1CCC(NCc2ccc(O)cc2)CC1. The van der Waals surface area contributed by atoms with Crippen molar-refractivity contribution in [2.24, 2.45) is 0 Å². The minimum atomic E-state index is 0.335. The molecule has 1 aliphatic heterocycles. The van der Waals surface area contributed by atoms with Crippen LogP contribution >= 0.6 is 0 Å². The van der Waals surface area contributed by atoms with Crippen LogP contribution in [-0.4, -0.2) is 35.7 Å². The Morgan fingerprint density at radius 1 is 1.25 bits per heavy atom. The van der Waals surface area contributed by atoms with Crippen molar-refractivity contribution in [3.05, 3.63) is 41.5 Å². The lowest BCUT2D eigenvalue weighted by Gasteiger charge is -2.31. The van der Waals surface area contributed by atoms with Crippen molar-refractivity contribution in [2.75, 3.05) is 19.6 Å². The normalized spacial score (nSPS) is 17.1. The molecular weight excluding hydrogens is 248 g/mol. The highest BCUT2D eigenvalue weighted by Gasteiger charge is 2.17. The van der Waals surface area contributed by atoms with Gasteiger partial charge < -0.3 is 10.4 Å². The summed E-state index contributed by atoms with van der Waals surface area (Å²) in [5.41, 5.74) is 2.63. The van der Waals surface area contributed by atoms with Crippen molar-refractivity contribution in [2.45, 2.75) is 39.3 Å². The van der Waals surface area contributed by atoms with Gasteiger partial charge in [-0.3, -0.25) is 4.90 Å². The van der Waals surface area contributed by atoms with Gasteiger partial charge in [0.2, 0.25) is 0 Å². The Balaban J connectivity index is 1.69. The quantitative estimate of drug-likeness (QED) is 0.810. The molecule has 20 heavy (non-hydrogen) atoms. The van der Waals surface area contributed by atoms with Gasteiger partial charge in [-0.05, 0) is 57.5 Å². The van der Waals surface area contributed by atoms with Crippen LogP contribution in [0, 0.1) is 0 Å². The fourth-order valence-electron chi connectivity index (χ4n) is 2.51. The molecule has 0 aromatic heterocycles. The number of nitrogens with zero attached hydrogens (tertiary/aromatic N) is 1. The fraction of sp³-hybridized carbons (Fsp3) is 0.529. The van der Waals surface area contributed by atoms with Crippen molar-refractivity contribution in [1.29, 1.82) is 0 Å². The van der Waals surface area contributed by atoms with Gasteiger partial charge in [0.05, 0.1) is 0 Å². The van der Waals surface area contributed by atoms with Gasteiger partial charge in [-0.1, -0.05) is 23.8 Å².